The molecule has 0 spiro atoms. The Hall–Kier alpha value is -1.23. The molecule has 2 aromatic carbocycles. The molecule has 0 aliphatic rings. The van der Waals surface area contributed by atoms with Crippen LogP contribution in [0, 0.1) is 7.14 Å². The highest BCUT2D eigenvalue weighted by atomic mass is 127. The number of methoxy groups -OCH3 is 3. The first-order valence-electron chi connectivity index (χ1n) is 6.52. The number of halogens is 2. The molecule has 0 aliphatic carbocycles. The second-order valence-electron chi connectivity index (χ2n) is 4.47. The number of rotatable bonds is 5. The zero-order chi connectivity index (χ0) is 17.0. The van der Waals surface area contributed by atoms with Gasteiger partial charge in [0, 0.05) is 27.5 Å². The van der Waals surface area contributed by atoms with Crippen molar-refractivity contribution >= 4 is 57.1 Å². The van der Waals surface area contributed by atoms with Crippen molar-refractivity contribution in [3.8, 4) is 23.0 Å². The van der Waals surface area contributed by atoms with Crippen molar-refractivity contribution in [2.24, 2.45) is 4.99 Å². The van der Waals surface area contributed by atoms with Gasteiger partial charge >= 0.3 is 0 Å². The molecule has 1 N–H and O–H groups in total. The Morgan fingerprint density at radius 1 is 0.957 bits per heavy atom. The molecule has 23 heavy (non-hydrogen) atoms. The zero-order valence-electron chi connectivity index (χ0n) is 12.8. The molecule has 0 bridgehead atoms. The van der Waals surface area contributed by atoms with Crippen LogP contribution in [0.1, 0.15) is 5.56 Å². The largest absolute Gasteiger partial charge is 0.506 e. The summed E-state index contributed by atoms with van der Waals surface area (Å²) >= 11 is 4.29. The summed E-state index contributed by atoms with van der Waals surface area (Å²) in [5.41, 5.74) is 1.28. The average Bonchev–Trinajstić information content (AvgIpc) is 2.55. The van der Waals surface area contributed by atoms with Gasteiger partial charge in [0.25, 0.3) is 0 Å². The minimum Gasteiger partial charge on any atom is -0.506 e. The number of benzene rings is 2. The number of ether oxygens (including phenoxy) is 3. The molecule has 7 heteroatoms. The molecule has 122 valence electrons. The highest BCUT2D eigenvalue weighted by Gasteiger charge is 2.13. The van der Waals surface area contributed by atoms with Crippen molar-refractivity contribution in [3.05, 3.63) is 37.0 Å². The number of phenolic OH excluding ortho intramolecular Hbond substituents is 1. The number of hydrogen-bond acceptors (Lipinski definition) is 5. The lowest BCUT2D eigenvalue weighted by Crippen LogP contribution is -1.94. The van der Waals surface area contributed by atoms with Gasteiger partial charge in [-0.25, -0.2) is 0 Å². The fraction of sp³-hybridized carbons (Fsp3) is 0.188. The van der Waals surface area contributed by atoms with Gasteiger partial charge in [-0.15, -0.1) is 0 Å². The van der Waals surface area contributed by atoms with Gasteiger partial charge in [0.15, 0.2) is 11.5 Å². The van der Waals surface area contributed by atoms with E-state index >= 15 is 0 Å². The predicted molar refractivity (Wildman–Crippen MR) is 107 cm³/mol. The van der Waals surface area contributed by atoms with E-state index in [9.17, 15) is 5.11 Å². The van der Waals surface area contributed by atoms with Crippen molar-refractivity contribution in [1.29, 1.82) is 0 Å². The minimum absolute atomic E-state index is 0.210. The summed E-state index contributed by atoms with van der Waals surface area (Å²) < 4.78 is 17.7. The van der Waals surface area contributed by atoms with Crippen molar-refractivity contribution in [3.63, 3.8) is 0 Å². The summed E-state index contributed by atoms with van der Waals surface area (Å²) in [6.45, 7) is 0. The van der Waals surface area contributed by atoms with E-state index in [0.29, 0.717) is 28.5 Å². The van der Waals surface area contributed by atoms with Crippen molar-refractivity contribution in [2.45, 2.75) is 0 Å². The van der Waals surface area contributed by atoms with Gasteiger partial charge < -0.3 is 19.3 Å². The van der Waals surface area contributed by atoms with Gasteiger partial charge in [-0.05, 0) is 57.3 Å². The second-order valence-corrected chi connectivity index (χ2v) is 6.88. The third-order valence-corrected chi connectivity index (χ3v) is 4.50. The lowest BCUT2D eigenvalue weighted by molar-refractivity contribution is 0.324. The molecule has 0 atom stereocenters. The molecule has 0 amide bonds. The maximum absolute atomic E-state index is 10.1. The monoisotopic (exact) mass is 539 g/mol. The van der Waals surface area contributed by atoms with Crippen LogP contribution in [0.15, 0.2) is 29.3 Å². The first kappa shape index (κ1) is 18.1. The van der Waals surface area contributed by atoms with Gasteiger partial charge in [0.05, 0.1) is 30.6 Å². The van der Waals surface area contributed by atoms with Crippen LogP contribution in [0.4, 0.5) is 5.69 Å². The summed E-state index contributed by atoms with van der Waals surface area (Å²) in [6.07, 6.45) is 1.61. The lowest BCUT2D eigenvalue weighted by atomic mass is 10.2. The van der Waals surface area contributed by atoms with E-state index in [4.69, 9.17) is 14.2 Å². The number of hydrogen-bond donors (Lipinski definition) is 1. The van der Waals surface area contributed by atoms with Gasteiger partial charge in [-0.2, -0.15) is 0 Å². The first-order valence-corrected chi connectivity index (χ1v) is 8.68. The van der Waals surface area contributed by atoms with Crippen molar-refractivity contribution in [2.75, 3.05) is 21.3 Å². The molecule has 2 aromatic rings. The van der Waals surface area contributed by atoms with Crippen LogP contribution in [0.3, 0.4) is 0 Å². The molecule has 0 fully saturated rings. The van der Waals surface area contributed by atoms with Crippen LogP contribution >= 0.6 is 45.2 Å². The van der Waals surface area contributed by atoms with Crippen LogP contribution < -0.4 is 14.2 Å². The zero-order valence-corrected chi connectivity index (χ0v) is 17.1. The Bertz CT molecular complexity index is 722. The van der Waals surface area contributed by atoms with E-state index in [1.165, 1.54) is 0 Å². The molecular formula is C16H15I2NO4. The summed E-state index contributed by atoms with van der Waals surface area (Å²) in [6, 6.07) is 7.24. The molecule has 0 saturated heterocycles. The summed E-state index contributed by atoms with van der Waals surface area (Å²) in [5, 5.41) is 10.1. The quantitative estimate of drug-likeness (QED) is 0.453. The third-order valence-electron chi connectivity index (χ3n) is 3.06. The van der Waals surface area contributed by atoms with Crippen LogP contribution in [0.25, 0.3) is 0 Å². The molecule has 5 nitrogen and oxygen atoms in total. The summed E-state index contributed by atoms with van der Waals surface area (Å²) in [5.74, 6) is 1.78. The Kier molecular flexibility index (Phi) is 6.33. The second kappa shape index (κ2) is 8.04. The Morgan fingerprint density at radius 3 is 2.09 bits per heavy atom. The maximum Gasteiger partial charge on any atom is 0.203 e. The number of aromatic hydroxyl groups is 1. The lowest BCUT2D eigenvalue weighted by Gasteiger charge is -2.12. The van der Waals surface area contributed by atoms with Crippen LogP contribution in [0.5, 0.6) is 23.0 Å². The fourth-order valence-electron chi connectivity index (χ4n) is 1.97. The molecule has 0 heterocycles. The van der Waals surface area contributed by atoms with Crippen LogP contribution in [-0.4, -0.2) is 32.7 Å². The molecule has 0 radical (unpaired) electrons. The average molecular weight is 539 g/mol. The molecule has 0 aromatic heterocycles. The predicted octanol–water partition coefficient (Wildman–Crippen LogP) is 4.38. The SMILES string of the molecule is COc1cc(/N=C/c2cc(I)cc(I)c2O)cc(OC)c1OC. The van der Waals surface area contributed by atoms with Crippen molar-refractivity contribution < 1.29 is 19.3 Å². The van der Waals surface area contributed by atoms with Gasteiger partial charge in [-0.3, -0.25) is 4.99 Å². The van der Waals surface area contributed by atoms with Gasteiger partial charge in [0.1, 0.15) is 5.75 Å². The highest BCUT2D eigenvalue weighted by Crippen LogP contribution is 2.40. The summed E-state index contributed by atoms with van der Waals surface area (Å²) in [4.78, 5) is 4.40. The molecule has 0 unspecified atom stereocenters. The number of aliphatic imine (C=N–C) groups is 1. The first-order chi connectivity index (χ1) is 11.0. The van der Waals surface area contributed by atoms with E-state index in [0.717, 1.165) is 7.14 Å². The standard InChI is InChI=1S/C16H15I2NO4/c1-21-13-6-11(7-14(22-2)16(13)23-3)19-8-9-4-10(17)5-12(18)15(9)20/h4-8,20H,1-3H3/b19-8+. The van der Waals surface area contributed by atoms with E-state index in [1.54, 1.807) is 39.7 Å². The molecule has 0 aliphatic heterocycles. The molecule has 2 rings (SSSR count). The van der Waals surface area contributed by atoms with E-state index in [1.807, 2.05) is 12.1 Å². The highest BCUT2D eigenvalue weighted by molar-refractivity contribution is 14.1. The van der Waals surface area contributed by atoms with Crippen LogP contribution in [0.2, 0.25) is 0 Å². The topological polar surface area (TPSA) is 60.3 Å². The maximum atomic E-state index is 10.1. The number of phenols is 1. The smallest absolute Gasteiger partial charge is 0.203 e. The summed E-state index contributed by atoms with van der Waals surface area (Å²) in [7, 11) is 4.66. The Labute approximate surface area is 162 Å². The minimum atomic E-state index is 0.210. The van der Waals surface area contributed by atoms with Crippen LogP contribution in [-0.2, 0) is 0 Å². The van der Waals surface area contributed by atoms with E-state index < -0.39 is 0 Å². The Morgan fingerprint density at radius 2 is 1.57 bits per heavy atom. The van der Waals surface area contributed by atoms with Gasteiger partial charge in [-0.1, -0.05) is 0 Å². The Balaban J connectivity index is 2.44. The van der Waals surface area contributed by atoms with E-state index in [2.05, 4.69) is 50.2 Å². The molecular weight excluding hydrogens is 524 g/mol. The normalized spacial score (nSPS) is 10.8. The van der Waals surface area contributed by atoms with Gasteiger partial charge in [0.2, 0.25) is 5.75 Å². The van der Waals surface area contributed by atoms with Crippen molar-refractivity contribution in [1.82, 2.24) is 0 Å². The number of nitrogens with zero attached hydrogens (tertiary/aromatic N) is 1. The molecule has 0 saturated carbocycles. The third kappa shape index (κ3) is 4.19. The fourth-order valence-corrected chi connectivity index (χ4v) is 3.86. The van der Waals surface area contributed by atoms with E-state index in [-0.39, 0.29) is 5.75 Å².